The van der Waals surface area contributed by atoms with Crippen molar-refractivity contribution in [3.63, 3.8) is 0 Å². The summed E-state index contributed by atoms with van der Waals surface area (Å²) in [4.78, 5) is 0.0622. The summed E-state index contributed by atoms with van der Waals surface area (Å²) in [7, 11) is -2.35. The van der Waals surface area contributed by atoms with Crippen molar-refractivity contribution in [2.45, 2.75) is 25.7 Å². The molecule has 0 aliphatic rings. The Labute approximate surface area is 200 Å². The van der Waals surface area contributed by atoms with Gasteiger partial charge in [0, 0.05) is 17.4 Å². The molecule has 9 heteroatoms. The van der Waals surface area contributed by atoms with E-state index in [9.17, 15) is 8.42 Å². The van der Waals surface area contributed by atoms with Gasteiger partial charge in [-0.1, -0.05) is 12.1 Å². The molecule has 0 fully saturated rings. The highest BCUT2D eigenvalue weighted by atomic mass is 32.2. The first-order valence-electron chi connectivity index (χ1n) is 10.3. The molecule has 3 aromatic rings. The second kappa shape index (κ2) is 10.5. The van der Waals surface area contributed by atoms with Crippen LogP contribution in [0.15, 0.2) is 65.6 Å². The largest absolute Gasteiger partial charge is 0.495 e. The third kappa shape index (κ3) is 6.36. The maximum atomic E-state index is 12.9. The predicted octanol–water partition coefficient (Wildman–Crippen LogP) is 5.32. The molecular formula is C24H27N3O4S2. The Morgan fingerprint density at radius 2 is 1.64 bits per heavy atom. The number of hydrogen-bond donors (Lipinski definition) is 3. The molecule has 0 amide bonds. The van der Waals surface area contributed by atoms with Gasteiger partial charge in [0.25, 0.3) is 10.0 Å². The summed E-state index contributed by atoms with van der Waals surface area (Å²) in [5.41, 5.74) is 4.03. The molecule has 0 spiro atoms. The molecule has 0 atom stereocenters. The van der Waals surface area contributed by atoms with Crippen LogP contribution in [0.2, 0.25) is 0 Å². The van der Waals surface area contributed by atoms with Gasteiger partial charge in [-0.25, -0.2) is 8.42 Å². The van der Waals surface area contributed by atoms with Crippen molar-refractivity contribution < 1.29 is 17.9 Å². The summed E-state index contributed by atoms with van der Waals surface area (Å²) in [5, 5.41) is 6.60. The van der Waals surface area contributed by atoms with E-state index in [1.807, 2.05) is 39.0 Å². The number of methoxy groups -OCH3 is 1. The molecular weight excluding hydrogens is 458 g/mol. The van der Waals surface area contributed by atoms with E-state index < -0.39 is 10.0 Å². The number of anilines is 3. The van der Waals surface area contributed by atoms with Crippen molar-refractivity contribution in [1.82, 2.24) is 0 Å². The molecule has 0 unspecified atom stereocenters. The minimum atomic E-state index is -3.82. The fourth-order valence-corrected chi connectivity index (χ4v) is 4.38. The lowest BCUT2D eigenvalue weighted by Crippen LogP contribution is -2.20. The smallest absolute Gasteiger partial charge is 0.262 e. The van der Waals surface area contributed by atoms with Gasteiger partial charge < -0.3 is 20.1 Å². The van der Waals surface area contributed by atoms with Crippen molar-refractivity contribution in [1.29, 1.82) is 0 Å². The molecule has 3 N–H and O–H groups in total. The van der Waals surface area contributed by atoms with E-state index in [-0.39, 0.29) is 4.90 Å². The monoisotopic (exact) mass is 485 g/mol. The van der Waals surface area contributed by atoms with Crippen LogP contribution in [0.3, 0.4) is 0 Å². The van der Waals surface area contributed by atoms with Gasteiger partial charge in [-0.2, -0.15) is 0 Å². The highest BCUT2D eigenvalue weighted by Gasteiger charge is 2.17. The molecule has 33 heavy (non-hydrogen) atoms. The number of hydrogen-bond acceptors (Lipinski definition) is 5. The summed E-state index contributed by atoms with van der Waals surface area (Å²) in [6, 6.07) is 17.3. The number of rotatable bonds is 8. The Morgan fingerprint density at radius 3 is 2.30 bits per heavy atom. The van der Waals surface area contributed by atoms with Crippen LogP contribution < -0.4 is 24.8 Å². The number of aryl methyl sites for hydroxylation is 2. The molecule has 0 aliphatic carbocycles. The van der Waals surface area contributed by atoms with Gasteiger partial charge >= 0.3 is 0 Å². The lowest BCUT2D eigenvalue weighted by Gasteiger charge is -2.16. The maximum absolute atomic E-state index is 12.9. The fraction of sp³-hybridized carbons (Fsp3) is 0.208. The molecule has 7 nitrogen and oxygen atoms in total. The van der Waals surface area contributed by atoms with E-state index in [1.165, 1.54) is 19.2 Å². The molecule has 0 saturated heterocycles. The molecule has 3 rings (SSSR count). The van der Waals surface area contributed by atoms with Gasteiger partial charge in [0.2, 0.25) is 0 Å². The summed E-state index contributed by atoms with van der Waals surface area (Å²) in [6.07, 6.45) is 0. The average molecular weight is 486 g/mol. The van der Waals surface area contributed by atoms with Crippen LogP contribution in [-0.2, 0) is 10.0 Å². The van der Waals surface area contributed by atoms with Crippen LogP contribution in [0, 0.1) is 13.8 Å². The third-order valence-electron chi connectivity index (χ3n) is 4.79. The van der Waals surface area contributed by atoms with Crippen molar-refractivity contribution in [3.05, 3.63) is 71.8 Å². The van der Waals surface area contributed by atoms with Crippen LogP contribution in [-0.4, -0.2) is 27.2 Å². The summed E-state index contributed by atoms with van der Waals surface area (Å²) in [5.74, 6) is 1.01. The zero-order valence-corrected chi connectivity index (χ0v) is 20.6. The quantitative estimate of drug-likeness (QED) is 0.372. The second-order valence-corrected chi connectivity index (χ2v) is 9.41. The molecule has 0 aliphatic heterocycles. The Balaban J connectivity index is 1.75. The summed E-state index contributed by atoms with van der Waals surface area (Å²) >= 11 is 5.43. The van der Waals surface area contributed by atoms with Gasteiger partial charge in [0.1, 0.15) is 11.5 Å². The Bertz CT molecular complexity index is 1240. The topological polar surface area (TPSA) is 88.7 Å². The summed E-state index contributed by atoms with van der Waals surface area (Å²) < 4.78 is 39.1. The van der Waals surface area contributed by atoms with Gasteiger partial charge in [-0.15, -0.1) is 0 Å². The van der Waals surface area contributed by atoms with Crippen LogP contribution in [0.1, 0.15) is 18.1 Å². The normalized spacial score (nSPS) is 10.9. The maximum Gasteiger partial charge on any atom is 0.262 e. The van der Waals surface area contributed by atoms with E-state index in [1.54, 1.807) is 30.3 Å². The predicted molar refractivity (Wildman–Crippen MR) is 137 cm³/mol. The highest BCUT2D eigenvalue weighted by molar-refractivity contribution is 7.92. The third-order valence-corrected chi connectivity index (χ3v) is 6.37. The minimum Gasteiger partial charge on any atom is -0.495 e. The fourth-order valence-electron chi connectivity index (χ4n) is 3.09. The Kier molecular flexibility index (Phi) is 7.78. The molecule has 174 valence electrons. The van der Waals surface area contributed by atoms with Crippen molar-refractivity contribution in [2.24, 2.45) is 0 Å². The van der Waals surface area contributed by atoms with Crippen LogP contribution in [0.4, 0.5) is 17.1 Å². The summed E-state index contributed by atoms with van der Waals surface area (Å²) in [6.45, 7) is 6.41. The molecule has 0 aromatic heterocycles. The van der Waals surface area contributed by atoms with E-state index >= 15 is 0 Å². The zero-order chi connectivity index (χ0) is 24.0. The van der Waals surface area contributed by atoms with Crippen molar-refractivity contribution >= 4 is 44.4 Å². The number of ether oxygens (including phenoxy) is 2. The van der Waals surface area contributed by atoms with E-state index in [2.05, 4.69) is 15.4 Å². The first kappa shape index (κ1) is 24.3. The van der Waals surface area contributed by atoms with E-state index in [0.29, 0.717) is 34.6 Å². The standard InChI is InChI=1S/C24H27N3O4S2/c1-5-31-19-10-8-18(9-11-19)27-33(28,29)20-12-13-21(23(15-20)30-4)25-24(32)26-22-14-16(2)6-7-17(22)3/h6-15,27H,5H2,1-4H3,(H2,25,26,32). The zero-order valence-electron chi connectivity index (χ0n) is 18.9. The second-order valence-electron chi connectivity index (χ2n) is 7.32. The first-order valence-corrected chi connectivity index (χ1v) is 12.2. The van der Waals surface area contributed by atoms with Gasteiger partial charge in [0.15, 0.2) is 5.11 Å². The highest BCUT2D eigenvalue weighted by Crippen LogP contribution is 2.29. The molecule has 0 saturated carbocycles. The van der Waals surface area contributed by atoms with Crippen LogP contribution in [0.25, 0.3) is 0 Å². The SMILES string of the molecule is CCOc1ccc(NS(=O)(=O)c2ccc(NC(=S)Nc3cc(C)ccc3C)c(OC)c2)cc1. The van der Waals surface area contributed by atoms with Crippen molar-refractivity contribution in [3.8, 4) is 11.5 Å². The van der Waals surface area contributed by atoms with Gasteiger partial charge in [0.05, 0.1) is 24.3 Å². The number of nitrogens with one attached hydrogen (secondary N) is 3. The minimum absolute atomic E-state index is 0.0622. The molecule has 0 bridgehead atoms. The number of sulfonamides is 1. The Morgan fingerprint density at radius 1 is 0.939 bits per heavy atom. The molecule has 3 aromatic carbocycles. The van der Waals surface area contributed by atoms with Gasteiger partial charge in [-0.05, 0) is 86.6 Å². The lowest BCUT2D eigenvalue weighted by molar-refractivity contribution is 0.340. The molecule has 0 radical (unpaired) electrons. The first-order chi connectivity index (χ1) is 15.7. The number of thiocarbonyl (C=S) groups is 1. The van der Waals surface area contributed by atoms with E-state index in [4.69, 9.17) is 21.7 Å². The average Bonchev–Trinajstić information content (AvgIpc) is 2.77. The van der Waals surface area contributed by atoms with Crippen LogP contribution in [0.5, 0.6) is 11.5 Å². The van der Waals surface area contributed by atoms with Crippen LogP contribution >= 0.6 is 12.2 Å². The van der Waals surface area contributed by atoms with Crippen molar-refractivity contribution in [2.75, 3.05) is 29.1 Å². The van der Waals surface area contributed by atoms with Gasteiger partial charge in [-0.3, -0.25) is 4.72 Å². The lowest BCUT2D eigenvalue weighted by atomic mass is 10.1. The molecule has 0 heterocycles. The number of benzene rings is 3. The Hall–Kier alpha value is -3.30. The van der Waals surface area contributed by atoms with E-state index in [0.717, 1.165) is 16.8 Å².